The fourth-order valence-electron chi connectivity index (χ4n) is 2.45. The number of amides is 1. The Labute approximate surface area is 175 Å². The number of hydrogen-bond donors (Lipinski definition) is 1. The maximum Gasteiger partial charge on any atom is 0.220 e. The van der Waals surface area contributed by atoms with Gasteiger partial charge in [0.05, 0.1) is 25.3 Å². The van der Waals surface area contributed by atoms with Crippen molar-refractivity contribution in [2.45, 2.75) is 32.7 Å². The molecule has 2 rings (SSSR count). The van der Waals surface area contributed by atoms with E-state index in [4.69, 9.17) is 37.4 Å². The van der Waals surface area contributed by atoms with E-state index >= 15 is 0 Å². The molecule has 1 N–H and O–H groups in total. The third kappa shape index (κ3) is 7.13. The molecule has 0 fully saturated rings. The van der Waals surface area contributed by atoms with E-state index < -0.39 is 0 Å². The molecule has 7 heteroatoms. The number of ether oxygens (including phenoxy) is 3. The van der Waals surface area contributed by atoms with Gasteiger partial charge in [-0.05, 0) is 48.7 Å². The second-order valence-corrected chi connectivity index (χ2v) is 6.98. The molecular weight excluding hydrogens is 401 g/mol. The highest BCUT2D eigenvalue weighted by atomic mass is 35.5. The molecule has 0 aliphatic carbocycles. The Bertz CT molecular complexity index is 783. The van der Waals surface area contributed by atoms with Gasteiger partial charge < -0.3 is 19.5 Å². The molecule has 0 spiro atoms. The van der Waals surface area contributed by atoms with E-state index in [1.165, 1.54) is 0 Å². The summed E-state index contributed by atoms with van der Waals surface area (Å²) in [6.07, 6.45) is 1.87. The topological polar surface area (TPSA) is 56.8 Å². The smallest absolute Gasteiger partial charge is 0.220 e. The highest BCUT2D eigenvalue weighted by Gasteiger charge is 2.08. The van der Waals surface area contributed by atoms with E-state index in [1.54, 1.807) is 25.3 Å². The first-order valence-electron chi connectivity index (χ1n) is 9.17. The van der Waals surface area contributed by atoms with Crippen LogP contribution in [-0.4, -0.2) is 26.2 Å². The molecule has 152 valence electrons. The Morgan fingerprint density at radius 1 is 1.00 bits per heavy atom. The first-order valence-corrected chi connectivity index (χ1v) is 9.93. The van der Waals surface area contributed by atoms with Crippen LogP contribution in [0.15, 0.2) is 36.4 Å². The monoisotopic (exact) mass is 425 g/mol. The van der Waals surface area contributed by atoms with Gasteiger partial charge in [0, 0.05) is 18.0 Å². The highest BCUT2D eigenvalue weighted by Crippen LogP contribution is 2.28. The Morgan fingerprint density at radius 3 is 2.46 bits per heavy atom. The van der Waals surface area contributed by atoms with E-state index in [9.17, 15) is 4.79 Å². The molecule has 2 aromatic rings. The number of benzene rings is 2. The van der Waals surface area contributed by atoms with Gasteiger partial charge in [0.25, 0.3) is 0 Å². The van der Waals surface area contributed by atoms with Crippen molar-refractivity contribution >= 4 is 29.1 Å². The lowest BCUT2D eigenvalue weighted by atomic mass is 10.2. The zero-order valence-corrected chi connectivity index (χ0v) is 17.6. The summed E-state index contributed by atoms with van der Waals surface area (Å²) in [7, 11) is 1.60. The van der Waals surface area contributed by atoms with Crippen molar-refractivity contribution in [1.29, 1.82) is 0 Å². The van der Waals surface area contributed by atoms with Crippen molar-refractivity contribution in [2.75, 3.05) is 20.3 Å². The van der Waals surface area contributed by atoms with Crippen molar-refractivity contribution in [2.24, 2.45) is 0 Å². The summed E-state index contributed by atoms with van der Waals surface area (Å²) in [4.78, 5) is 12.0. The number of nitrogens with one attached hydrogen (secondary N) is 1. The highest BCUT2D eigenvalue weighted by molar-refractivity contribution is 6.35. The molecule has 1 amide bonds. The minimum absolute atomic E-state index is 0.0453. The molecule has 0 saturated carbocycles. The summed E-state index contributed by atoms with van der Waals surface area (Å²) in [5.74, 6) is 1.88. The third-order valence-electron chi connectivity index (χ3n) is 3.88. The third-order valence-corrected chi connectivity index (χ3v) is 4.41. The molecule has 0 atom stereocenters. The van der Waals surface area contributed by atoms with Crippen molar-refractivity contribution in [3.63, 3.8) is 0 Å². The summed E-state index contributed by atoms with van der Waals surface area (Å²) in [6.45, 7) is 3.50. The second kappa shape index (κ2) is 11.7. The molecular formula is C21H25Cl2NO4. The number of carbonyl (C=O) groups is 1. The quantitative estimate of drug-likeness (QED) is 0.498. The van der Waals surface area contributed by atoms with Crippen LogP contribution in [0.25, 0.3) is 0 Å². The van der Waals surface area contributed by atoms with Crippen molar-refractivity contribution in [1.82, 2.24) is 5.32 Å². The van der Waals surface area contributed by atoms with Crippen LogP contribution < -0.4 is 19.5 Å². The number of methoxy groups -OCH3 is 1. The second-order valence-electron chi connectivity index (χ2n) is 6.14. The number of rotatable bonds is 11. The SMILES string of the molecule is CCCOc1ccc(CNC(=O)CCCOc2ccc(Cl)cc2Cl)cc1OC. The van der Waals surface area contributed by atoms with Crippen LogP contribution in [0.1, 0.15) is 31.7 Å². The Hall–Kier alpha value is -2.11. The lowest BCUT2D eigenvalue weighted by molar-refractivity contribution is -0.121. The number of hydrogen-bond acceptors (Lipinski definition) is 4. The zero-order valence-electron chi connectivity index (χ0n) is 16.1. The van der Waals surface area contributed by atoms with E-state index in [2.05, 4.69) is 5.32 Å². The lowest BCUT2D eigenvalue weighted by Gasteiger charge is -2.12. The average molecular weight is 426 g/mol. The molecule has 0 saturated heterocycles. The molecule has 0 bridgehead atoms. The first-order chi connectivity index (χ1) is 13.5. The normalized spacial score (nSPS) is 10.4. The minimum Gasteiger partial charge on any atom is -0.493 e. The van der Waals surface area contributed by atoms with E-state index in [0.717, 1.165) is 12.0 Å². The Morgan fingerprint density at radius 2 is 1.75 bits per heavy atom. The molecule has 0 aromatic heterocycles. The van der Waals surface area contributed by atoms with E-state index in [0.29, 0.717) is 59.9 Å². The fraction of sp³-hybridized carbons (Fsp3) is 0.381. The molecule has 0 radical (unpaired) electrons. The molecule has 2 aromatic carbocycles. The predicted octanol–water partition coefficient (Wildman–Crippen LogP) is 5.27. The maximum atomic E-state index is 12.0. The van der Waals surface area contributed by atoms with Gasteiger partial charge in [-0.1, -0.05) is 36.2 Å². The van der Waals surface area contributed by atoms with Gasteiger partial charge in [0.2, 0.25) is 5.91 Å². The maximum absolute atomic E-state index is 12.0. The standard InChI is InChI=1S/C21H25Cl2NO4/c1-3-10-27-19-8-6-15(12-20(19)26-2)14-24-21(25)5-4-11-28-18-9-7-16(22)13-17(18)23/h6-9,12-13H,3-5,10-11,14H2,1-2H3,(H,24,25). The molecule has 5 nitrogen and oxygen atoms in total. The van der Waals surface area contributed by atoms with Crippen LogP contribution in [0.2, 0.25) is 10.0 Å². The van der Waals surface area contributed by atoms with Crippen LogP contribution in [-0.2, 0) is 11.3 Å². The molecule has 0 aliphatic rings. The van der Waals surface area contributed by atoms with Crippen LogP contribution >= 0.6 is 23.2 Å². The van der Waals surface area contributed by atoms with Crippen molar-refractivity contribution in [3.05, 3.63) is 52.0 Å². The fourth-order valence-corrected chi connectivity index (χ4v) is 2.91. The molecule has 28 heavy (non-hydrogen) atoms. The van der Waals surface area contributed by atoms with Gasteiger partial charge >= 0.3 is 0 Å². The van der Waals surface area contributed by atoms with E-state index in [-0.39, 0.29) is 5.91 Å². The average Bonchev–Trinajstić information content (AvgIpc) is 2.69. The lowest BCUT2D eigenvalue weighted by Crippen LogP contribution is -2.23. The summed E-state index contributed by atoms with van der Waals surface area (Å²) >= 11 is 11.9. The summed E-state index contributed by atoms with van der Waals surface area (Å²) in [5, 5.41) is 3.91. The van der Waals surface area contributed by atoms with Crippen LogP contribution in [0, 0.1) is 0 Å². The summed E-state index contributed by atoms with van der Waals surface area (Å²) in [6, 6.07) is 10.7. The summed E-state index contributed by atoms with van der Waals surface area (Å²) < 4.78 is 16.6. The van der Waals surface area contributed by atoms with Gasteiger partial charge in [-0.15, -0.1) is 0 Å². The van der Waals surface area contributed by atoms with Gasteiger partial charge in [-0.25, -0.2) is 0 Å². The van der Waals surface area contributed by atoms with Crippen LogP contribution in [0.4, 0.5) is 0 Å². The van der Waals surface area contributed by atoms with Crippen molar-refractivity contribution in [3.8, 4) is 17.2 Å². The molecule has 0 aliphatic heterocycles. The first kappa shape index (κ1) is 22.2. The van der Waals surface area contributed by atoms with Gasteiger partial charge in [0.15, 0.2) is 11.5 Å². The predicted molar refractivity (Wildman–Crippen MR) is 112 cm³/mol. The Balaban J connectivity index is 1.73. The molecule has 0 unspecified atom stereocenters. The van der Waals surface area contributed by atoms with Crippen LogP contribution in [0.3, 0.4) is 0 Å². The van der Waals surface area contributed by atoms with Gasteiger partial charge in [0.1, 0.15) is 5.75 Å². The Kier molecular flexibility index (Phi) is 9.24. The van der Waals surface area contributed by atoms with Crippen molar-refractivity contribution < 1.29 is 19.0 Å². The number of carbonyl (C=O) groups excluding carboxylic acids is 1. The zero-order chi connectivity index (χ0) is 20.4. The van der Waals surface area contributed by atoms with Gasteiger partial charge in [-0.3, -0.25) is 4.79 Å². The summed E-state index contributed by atoms with van der Waals surface area (Å²) in [5.41, 5.74) is 0.943. The van der Waals surface area contributed by atoms with Gasteiger partial charge in [-0.2, -0.15) is 0 Å². The largest absolute Gasteiger partial charge is 0.493 e. The minimum atomic E-state index is -0.0453. The molecule has 0 heterocycles. The van der Waals surface area contributed by atoms with E-state index in [1.807, 2.05) is 25.1 Å². The van der Waals surface area contributed by atoms with Crippen LogP contribution in [0.5, 0.6) is 17.2 Å². The number of halogens is 2.